The smallest absolute Gasteiger partial charge is 0.176 e. The van der Waals surface area contributed by atoms with E-state index in [9.17, 15) is 0 Å². The van der Waals surface area contributed by atoms with Crippen molar-refractivity contribution in [2.45, 2.75) is 33.5 Å². The second-order valence-corrected chi connectivity index (χ2v) is 1.98. The molecule has 0 saturated heterocycles. The zero-order chi connectivity index (χ0) is 7.82. The van der Waals surface area contributed by atoms with Crippen LogP contribution >= 0.6 is 0 Å². The van der Waals surface area contributed by atoms with Crippen LogP contribution in [0.5, 0.6) is 0 Å². The van der Waals surface area contributed by atoms with E-state index < -0.39 is 0 Å². The predicted molar refractivity (Wildman–Crippen MR) is 39.5 cm³/mol. The molecule has 1 unspecified atom stereocenters. The standard InChI is InChI=1S/C7H16NO2/c1-4-6-8-10-7(3)9-5-2/h7H,4-6H2,1-3H3. The van der Waals surface area contributed by atoms with Gasteiger partial charge in [-0.25, -0.2) is 0 Å². The van der Waals surface area contributed by atoms with E-state index in [4.69, 9.17) is 9.57 Å². The molecule has 0 aromatic rings. The van der Waals surface area contributed by atoms with Gasteiger partial charge in [0, 0.05) is 13.2 Å². The highest BCUT2D eigenvalue weighted by molar-refractivity contribution is 4.29. The lowest BCUT2D eigenvalue weighted by atomic mass is 10.5. The Morgan fingerprint density at radius 2 is 2.10 bits per heavy atom. The van der Waals surface area contributed by atoms with Gasteiger partial charge >= 0.3 is 0 Å². The Labute approximate surface area is 62.7 Å². The van der Waals surface area contributed by atoms with E-state index in [0.717, 1.165) is 13.0 Å². The third kappa shape index (κ3) is 6.01. The van der Waals surface area contributed by atoms with Gasteiger partial charge in [0.05, 0.1) is 0 Å². The average Bonchev–Trinajstić information content (AvgIpc) is 1.89. The maximum Gasteiger partial charge on any atom is 0.176 e. The first-order valence-electron chi connectivity index (χ1n) is 3.75. The Morgan fingerprint density at radius 3 is 2.60 bits per heavy atom. The van der Waals surface area contributed by atoms with Crippen LogP contribution in [0.15, 0.2) is 0 Å². The summed E-state index contributed by atoms with van der Waals surface area (Å²) in [6.07, 6.45) is 0.815. The van der Waals surface area contributed by atoms with Crippen molar-refractivity contribution < 1.29 is 9.57 Å². The number of ether oxygens (including phenoxy) is 1. The quantitative estimate of drug-likeness (QED) is 0.321. The molecule has 0 rings (SSSR count). The molecule has 0 spiro atoms. The fraction of sp³-hybridized carbons (Fsp3) is 1.00. The third-order valence-electron chi connectivity index (χ3n) is 0.939. The minimum Gasteiger partial charge on any atom is -0.351 e. The summed E-state index contributed by atoms with van der Waals surface area (Å²) >= 11 is 0. The maximum absolute atomic E-state index is 5.07. The molecule has 0 fully saturated rings. The Bertz CT molecular complexity index is 68.6. The molecule has 3 heteroatoms. The van der Waals surface area contributed by atoms with Crippen LogP contribution in [0.4, 0.5) is 0 Å². The zero-order valence-electron chi connectivity index (χ0n) is 6.96. The minimum atomic E-state index is -0.198. The molecule has 0 aromatic heterocycles. The van der Waals surface area contributed by atoms with Crippen LogP contribution < -0.4 is 5.48 Å². The lowest BCUT2D eigenvalue weighted by molar-refractivity contribution is -0.170. The lowest BCUT2D eigenvalue weighted by Gasteiger charge is -2.09. The highest BCUT2D eigenvalue weighted by Crippen LogP contribution is 1.90. The normalized spacial score (nSPS) is 13.5. The molecule has 3 nitrogen and oxygen atoms in total. The van der Waals surface area contributed by atoms with Crippen molar-refractivity contribution in [3.05, 3.63) is 0 Å². The number of nitrogens with zero attached hydrogens (tertiary/aromatic N) is 1. The first kappa shape index (κ1) is 9.88. The molecule has 0 amide bonds. The Morgan fingerprint density at radius 1 is 1.40 bits per heavy atom. The molecule has 0 aliphatic rings. The molecule has 0 N–H and O–H groups in total. The summed E-state index contributed by atoms with van der Waals surface area (Å²) in [6.45, 7) is 7.24. The summed E-state index contributed by atoms with van der Waals surface area (Å²) in [5, 5.41) is 0. The summed E-state index contributed by atoms with van der Waals surface area (Å²) < 4.78 is 5.07. The Hall–Kier alpha value is -0.120. The van der Waals surface area contributed by atoms with Crippen LogP contribution in [0.3, 0.4) is 0 Å². The van der Waals surface area contributed by atoms with Gasteiger partial charge in [-0.2, -0.15) is 0 Å². The van der Waals surface area contributed by atoms with Crippen molar-refractivity contribution in [3.8, 4) is 0 Å². The van der Waals surface area contributed by atoms with E-state index >= 15 is 0 Å². The van der Waals surface area contributed by atoms with Gasteiger partial charge in [-0.15, -0.1) is 0 Å². The van der Waals surface area contributed by atoms with Crippen LogP contribution in [-0.4, -0.2) is 19.4 Å². The van der Waals surface area contributed by atoms with E-state index in [2.05, 4.69) is 12.4 Å². The van der Waals surface area contributed by atoms with Gasteiger partial charge in [0.2, 0.25) is 0 Å². The molecule has 1 radical (unpaired) electrons. The Balaban J connectivity index is 2.97. The molecular weight excluding hydrogens is 130 g/mol. The van der Waals surface area contributed by atoms with Crippen LogP contribution in [0, 0.1) is 0 Å². The molecule has 0 aliphatic heterocycles. The van der Waals surface area contributed by atoms with Crippen LogP contribution in [0.25, 0.3) is 0 Å². The van der Waals surface area contributed by atoms with E-state index in [1.54, 1.807) is 0 Å². The predicted octanol–water partition coefficient (Wildman–Crippen LogP) is 1.31. The molecule has 0 aromatic carbocycles. The minimum absolute atomic E-state index is 0.198. The second kappa shape index (κ2) is 6.99. The fourth-order valence-electron chi connectivity index (χ4n) is 0.514. The van der Waals surface area contributed by atoms with Gasteiger partial charge in [0.15, 0.2) is 6.29 Å². The highest BCUT2D eigenvalue weighted by atomic mass is 16.8. The fourth-order valence-corrected chi connectivity index (χ4v) is 0.514. The van der Waals surface area contributed by atoms with E-state index in [0.29, 0.717) is 6.61 Å². The van der Waals surface area contributed by atoms with Gasteiger partial charge in [-0.3, -0.25) is 4.84 Å². The Kier molecular flexibility index (Phi) is 6.91. The van der Waals surface area contributed by atoms with Crippen molar-refractivity contribution in [1.82, 2.24) is 5.48 Å². The van der Waals surface area contributed by atoms with E-state index in [1.807, 2.05) is 13.8 Å². The average molecular weight is 146 g/mol. The first-order valence-corrected chi connectivity index (χ1v) is 3.75. The summed E-state index contributed by atoms with van der Waals surface area (Å²) in [6, 6.07) is 0. The largest absolute Gasteiger partial charge is 0.351 e. The molecule has 61 valence electrons. The zero-order valence-corrected chi connectivity index (χ0v) is 6.96. The molecule has 1 atom stereocenters. The van der Waals surface area contributed by atoms with Crippen molar-refractivity contribution in [2.75, 3.05) is 13.2 Å². The van der Waals surface area contributed by atoms with Gasteiger partial charge in [0.25, 0.3) is 0 Å². The van der Waals surface area contributed by atoms with Gasteiger partial charge in [-0.1, -0.05) is 12.4 Å². The number of hydrogen-bond donors (Lipinski definition) is 0. The van der Waals surface area contributed by atoms with Crippen LogP contribution in [-0.2, 0) is 9.57 Å². The highest BCUT2D eigenvalue weighted by Gasteiger charge is 1.98. The van der Waals surface area contributed by atoms with Crippen molar-refractivity contribution in [1.29, 1.82) is 0 Å². The molecule has 10 heavy (non-hydrogen) atoms. The lowest BCUT2D eigenvalue weighted by Crippen LogP contribution is -2.19. The van der Waals surface area contributed by atoms with E-state index in [-0.39, 0.29) is 6.29 Å². The third-order valence-corrected chi connectivity index (χ3v) is 0.939. The van der Waals surface area contributed by atoms with Gasteiger partial charge < -0.3 is 4.74 Å². The van der Waals surface area contributed by atoms with Crippen LogP contribution in [0.1, 0.15) is 27.2 Å². The molecule has 0 bridgehead atoms. The van der Waals surface area contributed by atoms with Crippen molar-refractivity contribution in [3.63, 3.8) is 0 Å². The monoisotopic (exact) mass is 146 g/mol. The second-order valence-electron chi connectivity index (χ2n) is 1.98. The first-order chi connectivity index (χ1) is 4.81. The van der Waals surface area contributed by atoms with E-state index in [1.165, 1.54) is 0 Å². The summed E-state index contributed by atoms with van der Waals surface area (Å²) in [5.74, 6) is 0. The summed E-state index contributed by atoms with van der Waals surface area (Å²) in [5.41, 5.74) is 3.78. The summed E-state index contributed by atoms with van der Waals surface area (Å²) in [4.78, 5) is 4.93. The molecule has 0 heterocycles. The van der Waals surface area contributed by atoms with Crippen molar-refractivity contribution in [2.24, 2.45) is 0 Å². The topological polar surface area (TPSA) is 32.6 Å². The molecule has 0 saturated carbocycles. The number of hydrogen-bond acceptors (Lipinski definition) is 2. The van der Waals surface area contributed by atoms with Gasteiger partial charge in [-0.05, 0) is 20.3 Å². The number of rotatable bonds is 6. The molecular formula is C7H16NO2. The van der Waals surface area contributed by atoms with Gasteiger partial charge in [0.1, 0.15) is 0 Å². The number of hydroxylamine groups is 1. The molecule has 0 aliphatic carbocycles. The van der Waals surface area contributed by atoms with Crippen LogP contribution in [0.2, 0.25) is 0 Å². The maximum atomic E-state index is 5.07. The van der Waals surface area contributed by atoms with Crippen molar-refractivity contribution >= 4 is 0 Å². The SMILES string of the molecule is CCC[N]OC(C)OCC. The summed E-state index contributed by atoms with van der Waals surface area (Å²) in [7, 11) is 0.